The van der Waals surface area contributed by atoms with Crippen molar-refractivity contribution in [3.05, 3.63) is 155 Å². The molecule has 6 heteroatoms. The molecule has 11 rings (SSSR count). The van der Waals surface area contributed by atoms with Crippen molar-refractivity contribution in [1.82, 2.24) is 9.80 Å². The first-order chi connectivity index (χ1) is 28.0. The van der Waals surface area contributed by atoms with Gasteiger partial charge < -0.3 is 10.2 Å². The van der Waals surface area contributed by atoms with Gasteiger partial charge in [-0.15, -0.1) is 0 Å². The Hall–Kier alpha value is -3.84. The average molecular weight is 793 g/mol. The van der Waals surface area contributed by atoms with E-state index < -0.39 is 11.0 Å². The van der Waals surface area contributed by atoms with Gasteiger partial charge in [-0.05, 0) is 96.6 Å². The molecule has 9 atom stereocenters. The number of piperazine rings is 1. The lowest BCUT2D eigenvalue weighted by Crippen LogP contribution is -2.67. The number of fused-ring (bicyclic) bond motifs is 1. The number of halogens is 1. The molecule has 2 spiro atoms. The van der Waals surface area contributed by atoms with Gasteiger partial charge in [0.2, 0.25) is 0 Å². The fourth-order valence-corrected chi connectivity index (χ4v) is 13.8. The molecule has 4 aromatic rings. The maximum atomic E-state index is 15.2. The van der Waals surface area contributed by atoms with Gasteiger partial charge in [0, 0.05) is 65.1 Å². The van der Waals surface area contributed by atoms with E-state index in [2.05, 4.69) is 109 Å². The SMILES string of the molecule is C[C@]12CC[C@H]3[C@]4(C=C[C@@]5(C=C4C(=O)c4ccc(-c6ccccc6)cc4)CC(O)CC[C@]35C)[C@@H]1CC[C@@]2(O)CN1CCN(C(c2ccccc2)c2ccc(Cl)cc2)CC1. The maximum Gasteiger partial charge on any atom is 0.189 e. The van der Waals surface area contributed by atoms with Crippen LogP contribution < -0.4 is 0 Å². The van der Waals surface area contributed by atoms with Crippen molar-refractivity contribution < 1.29 is 15.0 Å². The van der Waals surface area contributed by atoms with E-state index in [4.69, 9.17) is 11.6 Å². The van der Waals surface area contributed by atoms with Crippen LogP contribution in [0, 0.1) is 33.5 Å². The number of benzene rings is 4. The minimum atomic E-state index is -0.871. The van der Waals surface area contributed by atoms with Gasteiger partial charge in [-0.3, -0.25) is 14.6 Å². The summed E-state index contributed by atoms with van der Waals surface area (Å²) < 4.78 is 0. The summed E-state index contributed by atoms with van der Waals surface area (Å²) >= 11 is 6.32. The molecule has 0 amide bonds. The molecule has 3 saturated carbocycles. The van der Waals surface area contributed by atoms with Crippen LogP contribution in [0.5, 0.6) is 0 Å². The summed E-state index contributed by atoms with van der Waals surface area (Å²) in [6.07, 6.45) is 12.8. The Morgan fingerprint density at radius 2 is 1.33 bits per heavy atom. The average Bonchev–Trinajstić information content (AvgIpc) is 3.52. The zero-order chi connectivity index (χ0) is 39.9. The maximum absolute atomic E-state index is 15.2. The highest BCUT2D eigenvalue weighted by molar-refractivity contribution is 6.30. The third-order valence-electron chi connectivity index (χ3n) is 16.8. The largest absolute Gasteiger partial charge is 0.393 e. The summed E-state index contributed by atoms with van der Waals surface area (Å²) in [7, 11) is 0. The molecule has 6 aliphatic carbocycles. The van der Waals surface area contributed by atoms with Crippen molar-refractivity contribution in [2.45, 2.75) is 76.5 Å². The molecule has 5 nitrogen and oxygen atoms in total. The fourth-order valence-electron chi connectivity index (χ4n) is 13.6. The van der Waals surface area contributed by atoms with E-state index in [9.17, 15) is 10.2 Å². The van der Waals surface area contributed by atoms with Gasteiger partial charge in [-0.2, -0.15) is 0 Å². The quantitative estimate of drug-likeness (QED) is 0.137. The van der Waals surface area contributed by atoms with E-state index in [1.54, 1.807) is 0 Å². The number of hydrogen-bond acceptors (Lipinski definition) is 5. The van der Waals surface area contributed by atoms with Crippen LogP contribution in [-0.2, 0) is 0 Å². The summed E-state index contributed by atoms with van der Waals surface area (Å²) in [6.45, 7) is 9.07. The summed E-state index contributed by atoms with van der Waals surface area (Å²) in [5.74, 6) is 0.520. The van der Waals surface area contributed by atoms with Crippen molar-refractivity contribution >= 4 is 17.4 Å². The van der Waals surface area contributed by atoms with E-state index in [0.29, 0.717) is 13.0 Å². The molecule has 2 bridgehead atoms. The predicted octanol–water partition coefficient (Wildman–Crippen LogP) is 10.2. The summed E-state index contributed by atoms with van der Waals surface area (Å²) in [6, 6.07) is 37.7. The number of aliphatic hydroxyl groups excluding tert-OH is 1. The van der Waals surface area contributed by atoms with Gasteiger partial charge in [0.05, 0.1) is 17.7 Å². The Morgan fingerprint density at radius 3 is 2.03 bits per heavy atom. The number of rotatable bonds is 8. The number of ketones is 1. The molecular weight excluding hydrogens is 736 g/mol. The Bertz CT molecular complexity index is 2230. The number of allylic oxidation sites excluding steroid dienone is 4. The number of hydrogen-bond donors (Lipinski definition) is 2. The van der Waals surface area contributed by atoms with Crippen LogP contribution in [0.15, 0.2) is 133 Å². The van der Waals surface area contributed by atoms with Crippen LogP contribution in [0.25, 0.3) is 11.1 Å². The number of Topliss-reactive ketones (excluding diaryl/α,β-unsaturated/α-hetero) is 1. The Morgan fingerprint density at radius 1 is 0.724 bits per heavy atom. The standard InChI is InChI=1S/C52H57ClN2O3/c1-48-24-21-42(56)33-50(48)27-28-52(43(34-50)47(57)40-15-13-37(14-16-40)36-9-5-3-6-10-36)44(48)22-25-49(2)45(52)23-26-51(49,58)35-54-29-31-55(32-30-54)46(38-11-7-4-8-12-38)39-17-19-41(53)20-18-39/h3-20,27-28,34,42,44-46,56,58H,21-26,29-33,35H2,1-2H3/t42?,44-,45-,46?,48-,49+,50+,51-,52-/m1/s1. The van der Waals surface area contributed by atoms with Gasteiger partial charge in [-0.1, -0.05) is 141 Å². The van der Waals surface area contributed by atoms with Crippen LogP contribution in [-0.4, -0.2) is 70.2 Å². The van der Waals surface area contributed by atoms with Gasteiger partial charge in [0.25, 0.3) is 0 Å². The van der Waals surface area contributed by atoms with Crippen LogP contribution in [0.4, 0.5) is 0 Å². The minimum Gasteiger partial charge on any atom is -0.393 e. The third-order valence-corrected chi connectivity index (χ3v) is 17.0. The molecule has 300 valence electrons. The van der Waals surface area contributed by atoms with Gasteiger partial charge in [0.15, 0.2) is 5.78 Å². The first kappa shape index (κ1) is 38.4. The highest BCUT2D eigenvalue weighted by atomic mass is 35.5. The smallest absolute Gasteiger partial charge is 0.189 e. The highest BCUT2D eigenvalue weighted by Crippen LogP contribution is 2.78. The van der Waals surface area contributed by atoms with Crippen LogP contribution >= 0.6 is 11.6 Å². The lowest BCUT2D eigenvalue weighted by molar-refractivity contribution is -0.177. The minimum absolute atomic E-state index is 0.0559. The molecule has 2 unspecified atom stereocenters. The van der Waals surface area contributed by atoms with Gasteiger partial charge >= 0.3 is 0 Å². The second kappa shape index (κ2) is 14.1. The first-order valence-electron chi connectivity index (χ1n) is 21.8. The number of aliphatic hydroxyl groups is 2. The molecule has 0 aromatic heterocycles. The molecule has 58 heavy (non-hydrogen) atoms. The first-order valence-corrected chi connectivity index (χ1v) is 22.2. The van der Waals surface area contributed by atoms with Gasteiger partial charge in [0.1, 0.15) is 0 Å². The molecule has 4 fully saturated rings. The second-order valence-electron chi connectivity index (χ2n) is 19.3. The van der Waals surface area contributed by atoms with Crippen molar-refractivity contribution in [3.63, 3.8) is 0 Å². The van der Waals surface area contributed by atoms with E-state index in [0.717, 1.165) is 92.0 Å². The second-order valence-corrected chi connectivity index (χ2v) is 19.7. The van der Waals surface area contributed by atoms with Crippen LogP contribution in [0.1, 0.15) is 86.3 Å². The van der Waals surface area contributed by atoms with E-state index in [1.807, 2.05) is 42.5 Å². The van der Waals surface area contributed by atoms with Crippen molar-refractivity contribution in [2.24, 2.45) is 33.5 Å². The number of carbonyl (C=O) groups is 1. The van der Waals surface area contributed by atoms with Crippen LogP contribution in [0.3, 0.4) is 0 Å². The zero-order valence-corrected chi connectivity index (χ0v) is 34.8. The van der Waals surface area contributed by atoms with Crippen molar-refractivity contribution in [2.75, 3.05) is 32.7 Å². The van der Waals surface area contributed by atoms with E-state index in [-0.39, 0.29) is 46.0 Å². The van der Waals surface area contributed by atoms with E-state index >= 15 is 4.79 Å². The lowest BCUT2D eigenvalue weighted by atomic mass is 9.32. The Kier molecular flexibility index (Phi) is 9.35. The van der Waals surface area contributed by atoms with Crippen LogP contribution in [0.2, 0.25) is 5.02 Å². The number of nitrogens with zero attached hydrogens (tertiary/aromatic N) is 2. The van der Waals surface area contributed by atoms with Crippen molar-refractivity contribution in [3.8, 4) is 11.1 Å². The van der Waals surface area contributed by atoms with Crippen molar-refractivity contribution in [1.29, 1.82) is 0 Å². The molecule has 2 N–H and O–H groups in total. The lowest BCUT2D eigenvalue weighted by Gasteiger charge is -2.71. The fraction of sp³-hybridized carbons (Fsp3) is 0.442. The molecular formula is C52H57ClN2O3. The third kappa shape index (κ3) is 5.74. The van der Waals surface area contributed by atoms with Gasteiger partial charge in [-0.25, -0.2) is 0 Å². The highest BCUT2D eigenvalue weighted by Gasteiger charge is 2.74. The Labute approximate surface area is 349 Å². The molecule has 4 aromatic carbocycles. The monoisotopic (exact) mass is 792 g/mol. The topological polar surface area (TPSA) is 64.0 Å². The molecule has 1 saturated heterocycles. The molecule has 1 heterocycles. The zero-order valence-electron chi connectivity index (χ0n) is 34.0. The van der Waals surface area contributed by atoms with E-state index in [1.165, 1.54) is 11.1 Å². The molecule has 0 radical (unpaired) electrons. The molecule has 1 aliphatic heterocycles. The number of β-amino-alcohol motifs (C(OH)–C–C–N with tert-alkyl or cyclic N) is 1. The number of carbonyl (C=O) groups excluding carboxylic acids is 1. The normalized spacial score (nSPS) is 36.1. The molecule has 7 aliphatic rings. The predicted molar refractivity (Wildman–Crippen MR) is 233 cm³/mol. The Balaban J connectivity index is 0.945. The summed E-state index contributed by atoms with van der Waals surface area (Å²) in [5.41, 5.74) is 4.30. The summed E-state index contributed by atoms with van der Waals surface area (Å²) in [5, 5.41) is 25.0. The summed E-state index contributed by atoms with van der Waals surface area (Å²) in [4.78, 5) is 20.3.